The zero-order valence-electron chi connectivity index (χ0n) is 11.8. The molecule has 106 valence electrons. The maximum Gasteiger partial charge on any atom is 0.221 e. The Morgan fingerprint density at radius 1 is 1.47 bits per heavy atom. The Balaban J connectivity index is 1.74. The average molecular weight is 265 g/mol. The fraction of sp³-hybridized carbons (Fsp3) is 0.714. The first-order valence-corrected chi connectivity index (χ1v) is 6.99. The maximum absolute atomic E-state index is 11.8. The van der Waals surface area contributed by atoms with Crippen LogP contribution in [-0.4, -0.2) is 32.9 Å². The van der Waals surface area contributed by atoms with Crippen molar-refractivity contribution in [3.63, 3.8) is 0 Å². The number of nitrogens with zero attached hydrogens (tertiary/aromatic N) is 2. The van der Waals surface area contributed by atoms with Gasteiger partial charge in [-0.15, -0.1) is 0 Å². The van der Waals surface area contributed by atoms with Gasteiger partial charge in [0, 0.05) is 25.2 Å². The second-order valence-corrected chi connectivity index (χ2v) is 5.61. The molecular weight excluding hydrogens is 242 g/mol. The number of nitrogens with one attached hydrogen (secondary N) is 1. The molecule has 1 aliphatic rings. The molecule has 0 bridgehead atoms. The molecule has 1 fully saturated rings. The lowest BCUT2D eigenvalue weighted by Gasteiger charge is -2.22. The van der Waals surface area contributed by atoms with Gasteiger partial charge in [0.2, 0.25) is 5.91 Å². The van der Waals surface area contributed by atoms with Crippen molar-refractivity contribution in [3.8, 4) is 0 Å². The molecule has 1 heterocycles. The Hall–Kier alpha value is -1.36. The summed E-state index contributed by atoms with van der Waals surface area (Å²) in [5.74, 6) is -0.0205. The highest BCUT2D eigenvalue weighted by atomic mass is 16.3. The smallest absolute Gasteiger partial charge is 0.221 e. The quantitative estimate of drug-likeness (QED) is 0.843. The first-order valence-electron chi connectivity index (χ1n) is 6.99. The van der Waals surface area contributed by atoms with Crippen molar-refractivity contribution in [1.82, 2.24) is 15.1 Å². The molecule has 1 aromatic heterocycles. The summed E-state index contributed by atoms with van der Waals surface area (Å²) in [5, 5.41) is 17.3. The first-order chi connectivity index (χ1) is 8.98. The van der Waals surface area contributed by atoms with E-state index in [0.29, 0.717) is 19.5 Å². The van der Waals surface area contributed by atoms with Crippen LogP contribution in [0.25, 0.3) is 0 Å². The summed E-state index contributed by atoms with van der Waals surface area (Å²) in [6.07, 6.45) is 4.10. The monoisotopic (exact) mass is 265 g/mol. The minimum atomic E-state index is -0.673. The van der Waals surface area contributed by atoms with Crippen molar-refractivity contribution >= 4 is 5.91 Å². The van der Waals surface area contributed by atoms with Crippen LogP contribution in [0, 0.1) is 13.8 Å². The molecule has 1 saturated carbocycles. The maximum atomic E-state index is 11.8. The average Bonchev–Trinajstić information content (AvgIpc) is 2.91. The van der Waals surface area contributed by atoms with Crippen LogP contribution in [-0.2, 0) is 11.3 Å². The molecule has 1 aliphatic carbocycles. The van der Waals surface area contributed by atoms with Gasteiger partial charge in [-0.25, -0.2) is 0 Å². The van der Waals surface area contributed by atoms with Crippen molar-refractivity contribution in [2.45, 2.75) is 58.1 Å². The SMILES string of the molecule is Cc1cc(C)n(CCC(=O)NCC2(O)CCCC2)n1. The van der Waals surface area contributed by atoms with Gasteiger partial charge in [-0.2, -0.15) is 5.10 Å². The van der Waals surface area contributed by atoms with E-state index in [1.807, 2.05) is 24.6 Å². The zero-order valence-corrected chi connectivity index (χ0v) is 11.8. The standard InChI is InChI=1S/C14H23N3O2/c1-11-9-12(2)17(16-11)8-5-13(18)15-10-14(19)6-3-4-7-14/h9,19H,3-8,10H2,1-2H3,(H,15,18). The van der Waals surface area contributed by atoms with Gasteiger partial charge in [0.1, 0.15) is 0 Å². The van der Waals surface area contributed by atoms with E-state index in [1.165, 1.54) is 0 Å². The predicted molar refractivity (Wildman–Crippen MR) is 72.7 cm³/mol. The normalized spacial score (nSPS) is 17.6. The van der Waals surface area contributed by atoms with Crippen LogP contribution in [0.2, 0.25) is 0 Å². The van der Waals surface area contributed by atoms with Crippen molar-refractivity contribution in [1.29, 1.82) is 0 Å². The molecule has 0 aliphatic heterocycles. The summed E-state index contributed by atoms with van der Waals surface area (Å²) in [6, 6.07) is 2.00. The third-order valence-electron chi connectivity index (χ3n) is 3.80. The number of aryl methyl sites for hydroxylation is 3. The second kappa shape index (κ2) is 5.74. The van der Waals surface area contributed by atoms with E-state index >= 15 is 0 Å². The van der Waals surface area contributed by atoms with Gasteiger partial charge in [0.25, 0.3) is 0 Å². The third kappa shape index (κ3) is 3.80. The molecule has 0 spiro atoms. The first kappa shape index (κ1) is 14.1. The van der Waals surface area contributed by atoms with Crippen LogP contribution in [0.3, 0.4) is 0 Å². The minimum Gasteiger partial charge on any atom is -0.388 e. The Kier molecular flexibility index (Phi) is 4.24. The highest BCUT2D eigenvalue weighted by Gasteiger charge is 2.31. The van der Waals surface area contributed by atoms with Crippen molar-refractivity contribution in [3.05, 3.63) is 17.5 Å². The summed E-state index contributed by atoms with van der Waals surface area (Å²) in [5.41, 5.74) is 1.37. The van der Waals surface area contributed by atoms with Crippen LogP contribution in [0.4, 0.5) is 0 Å². The topological polar surface area (TPSA) is 67.2 Å². The van der Waals surface area contributed by atoms with E-state index < -0.39 is 5.60 Å². The van der Waals surface area contributed by atoms with Gasteiger partial charge in [0.05, 0.1) is 11.3 Å². The molecule has 0 saturated heterocycles. The zero-order chi connectivity index (χ0) is 13.9. The van der Waals surface area contributed by atoms with Gasteiger partial charge in [-0.05, 0) is 32.8 Å². The molecule has 2 N–H and O–H groups in total. The van der Waals surface area contributed by atoms with Gasteiger partial charge in [-0.1, -0.05) is 12.8 Å². The molecule has 0 unspecified atom stereocenters. The lowest BCUT2D eigenvalue weighted by atomic mass is 10.0. The van der Waals surface area contributed by atoms with Crippen LogP contribution in [0.15, 0.2) is 6.07 Å². The van der Waals surface area contributed by atoms with E-state index in [9.17, 15) is 9.90 Å². The minimum absolute atomic E-state index is 0.0205. The molecule has 2 rings (SSSR count). The third-order valence-corrected chi connectivity index (χ3v) is 3.80. The van der Waals surface area contributed by atoms with E-state index in [4.69, 9.17) is 0 Å². The van der Waals surface area contributed by atoms with Gasteiger partial charge in [-0.3, -0.25) is 9.48 Å². The summed E-state index contributed by atoms with van der Waals surface area (Å²) in [7, 11) is 0. The summed E-state index contributed by atoms with van der Waals surface area (Å²) < 4.78 is 1.85. The van der Waals surface area contributed by atoms with Crippen LogP contribution in [0.1, 0.15) is 43.5 Å². The Morgan fingerprint density at radius 2 is 2.16 bits per heavy atom. The molecule has 5 heteroatoms. The molecule has 0 atom stereocenters. The summed E-state index contributed by atoms with van der Waals surface area (Å²) in [4.78, 5) is 11.8. The number of carbonyl (C=O) groups excluding carboxylic acids is 1. The number of aromatic nitrogens is 2. The van der Waals surface area contributed by atoms with Gasteiger partial charge in [0.15, 0.2) is 0 Å². The highest BCUT2D eigenvalue weighted by molar-refractivity contribution is 5.75. The molecule has 1 amide bonds. The lowest BCUT2D eigenvalue weighted by Crippen LogP contribution is -2.41. The Labute approximate surface area is 114 Å². The number of hydrogen-bond donors (Lipinski definition) is 2. The molecule has 19 heavy (non-hydrogen) atoms. The van der Waals surface area contributed by atoms with E-state index in [2.05, 4.69) is 10.4 Å². The largest absolute Gasteiger partial charge is 0.388 e. The van der Waals surface area contributed by atoms with Crippen LogP contribution in [0.5, 0.6) is 0 Å². The van der Waals surface area contributed by atoms with Gasteiger partial charge >= 0.3 is 0 Å². The Morgan fingerprint density at radius 3 is 2.74 bits per heavy atom. The second-order valence-electron chi connectivity index (χ2n) is 5.61. The number of hydrogen-bond acceptors (Lipinski definition) is 3. The number of rotatable bonds is 5. The fourth-order valence-corrected chi connectivity index (χ4v) is 2.67. The van der Waals surface area contributed by atoms with Gasteiger partial charge < -0.3 is 10.4 Å². The Bertz CT molecular complexity index is 448. The lowest BCUT2D eigenvalue weighted by molar-refractivity contribution is -0.122. The van der Waals surface area contributed by atoms with Crippen LogP contribution < -0.4 is 5.32 Å². The summed E-state index contributed by atoms with van der Waals surface area (Å²) >= 11 is 0. The predicted octanol–water partition coefficient (Wildman–Crippen LogP) is 1.31. The number of amides is 1. The number of carbonyl (C=O) groups is 1. The summed E-state index contributed by atoms with van der Waals surface area (Å²) in [6.45, 7) is 4.89. The van der Waals surface area contributed by atoms with Crippen molar-refractivity contribution in [2.75, 3.05) is 6.54 Å². The fourth-order valence-electron chi connectivity index (χ4n) is 2.67. The van der Waals surface area contributed by atoms with E-state index in [0.717, 1.165) is 37.1 Å². The van der Waals surface area contributed by atoms with E-state index in [-0.39, 0.29) is 5.91 Å². The van der Waals surface area contributed by atoms with Crippen molar-refractivity contribution in [2.24, 2.45) is 0 Å². The molecular formula is C14H23N3O2. The number of aliphatic hydroxyl groups is 1. The van der Waals surface area contributed by atoms with Crippen LogP contribution >= 0.6 is 0 Å². The van der Waals surface area contributed by atoms with Crippen molar-refractivity contribution < 1.29 is 9.90 Å². The molecule has 1 aromatic rings. The highest BCUT2D eigenvalue weighted by Crippen LogP contribution is 2.28. The van der Waals surface area contributed by atoms with E-state index in [1.54, 1.807) is 0 Å². The molecule has 5 nitrogen and oxygen atoms in total. The molecule has 0 aromatic carbocycles. The molecule has 0 radical (unpaired) electrons.